The standard InChI is InChI=1S/C21H25ClN4O2/c1-21(2)9-18-16(10-24-26(18)12-21)15-8-19(23-11-17(15)22)25-20(28)7-13-4-3-5-14(27)6-13/h8,10-11,13H,3-7,9,12H2,1-2H3,(H,23,25,28). The first-order chi connectivity index (χ1) is 13.3. The highest BCUT2D eigenvalue weighted by Crippen LogP contribution is 2.39. The first-order valence-corrected chi connectivity index (χ1v) is 10.2. The third kappa shape index (κ3) is 3.97. The molecule has 2 aliphatic rings. The van der Waals surface area contributed by atoms with Crippen LogP contribution < -0.4 is 5.32 Å². The predicted octanol–water partition coefficient (Wildman–Crippen LogP) is 4.27. The highest BCUT2D eigenvalue weighted by atomic mass is 35.5. The Bertz CT molecular complexity index is 934. The summed E-state index contributed by atoms with van der Waals surface area (Å²) in [5.41, 5.74) is 3.16. The average molecular weight is 401 g/mol. The quantitative estimate of drug-likeness (QED) is 0.831. The average Bonchev–Trinajstić information content (AvgIpc) is 3.11. The summed E-state index contributed by atoms with van der Waals surface area (Å²) >= 11 is 6.42. The van der Waals surface area contributed by atoms with Gasteiger partial charge in [-0.3, -0.25) is 14.3 Å². The van der Waals surface area contributed by atoms with Crippen LogP contribution in [0.1, 0.15) is 51.6 Å². The number of rotatable bonds is 4. The number of carbonyl (C=O) groups is 2. The summed E-state index contributed by atoms with van der Waals surface area (Å²) < 4.78 is 2.03. The summed E-state index contributed by atoms with van der Waals surface area (Å²) in [5, 5.41) is 7.91. The third-order valence-electron chi connectivity index (χ3n) is 5.64. The lowest BCUT2D eigenvalue weighted by molar-refractivity contribution is -0.122. The minimum atomic E-state index is -0.109. The van der Waals surface area contributed by atoms with Crippen LogP contribution in [-0.4, -0.2) is 26.5 Å². The van der Waals surface area contributed by atoms with Crippen molar-refractivity contribution < 1.29 is 9.59 Å². The fraction of sp³-hybridized carbons (Fsp3) is 0.524. The van der Waals surface area contributed by atoms with Crippen molar-refractivity contribution in [3.63, 3.8) is 0 Å². The molecule has 1 amide bonds. The van der Waals surface area contributed by atoms with E-state index in [2.05, 4.69) is 29.2 Å². The smallest absolute Gasteiger partial charge is 0.225 e. The Morgan fingerprint density at radius 1 is 1.36 bits per heavy atom. The van der Waals surface area contributed by atoms with Crippen LogP contribution in [0.2, 0.25) is 5.02 Å². The number of carbonyl (C=O) groups excluding carboxylic acids is 2. The molecule has 7 heteroatoms. The van der Waals surface area contributed by atoms with Gasteiger partial charge in [0.25, 0.3) is 0 Å². The molecular formula is C21H25ClN4O2. The molecule has 28 heavy (non-hydrogen) atoms. The van der Waals surface area contributed by atoms with E-state index in [1.165, 1.54) is 0 Å². The molecule has 6 nitrogen and oxygen atoms in total. The van der Waals surface area contributed by atoms with Crippen molar-refractivity contribution in [3.05, 3.63) is 29.2 Å². The summed E-state index contributed by atoms with van der Waals surface area (Å²) in [6, 6.07) is 1.81. The lowest BCUT2D eigenvalue weighted by atomic mass is 9.86. The van der Waals surface area contributed by atoms with Gasteiger partial charge >= 0.3 is 0 Å². The van der Waals surface area contributed by atoms with Gasteiger partial charge in [0.15, 0.2) is 0 Å². The zero-order chi connectivity index (χ0) is 19.9. The Labute approximate surface area is 169 Å². The van der Waals surface area contributed by atoms with Crippen molar-refractivity contribution in [3.8, 4) is 11.1 Å². The molecule has 0 saturated heterocycles. The maximum Gasteiger partial charge on any atom is 0.225 e. The third-order valence-corrected chi connectivity index (χ3v) is 5.95. The first-order valence-electron chi connectivity index (χ1n) is 9.83. The van der Waals surface area contributed by atoms with Crippen LogP contribution in [-0.2, 0) is 22.6 Å². The Balaban J connectivity index is 1.51. The Morgan fingerprint density at radius 2 is 2.18 bits per heavy atom. The monoisotopic (exact) mass is 400 g/mol. The van der Waals surface area contributed by atoms with Crippen LogP contribution in [0.4, 0.5) is 5.82 Å². The van der Waals surface area contributed by atoms with Gasteiger partial charge in [0.1, 0.15) is 11.6 Å². The van der Waals surface area contributed by atoms with Gasteiger partial charge in [0, 0.05) is 48.8 Å². The molecule has 4 rings (SSSR count). The van der Waals surface area contributed by atoms with E-state index in [9.17, 15) is 9.59 Å². The predicted molar refractivity (Wildman–Crippen MR) is 108 cm³/mol. The van der Waals surface area contributed by atoms with Gasteiger partial charge in [0.05, 0.1) is 11.2 Å². The highest BCUT2D eigenvalue weighted by Gasteiger charge is 2.32. The summed E-state index contributed by atoms with van der Waals surface area (Å²) in [7, 11) is 0. The van der Waals surface area contributed by atoms with Crippen molar-refractivity contribution in [1.82, 2.24) is 14.8 Å². The van der Waals surface area contributed by atoms with Gasteiger partial charge in [-0.25, -0.2) is 4.98 Å². The van der Waals surface area contributed by atoms with Crippen molar-refractivity contribution in [2.45, 2.75) is 58.9 Å². The Morgan fingerprint density at radius 3 is 2.96 bits per heavy atom. The van der Waals surface area contributed by atoms with E-state index < -0.39 is 0 Å². The normalized spacial score (nSPS) is 20.8. The lowest BCUT2D eigenvalue weighted by Gasteiger charge is -2.20. The number of amides is 1. The van der Waals surface area contributed by atoms with Crippen molar-refractivity contribution in [2.24, 2.45) is 11.3 Å². The molecule has 1 N–H and O–H groups in total. The van der Waals surface area contributed by atoms with Gasteiger partial charge in [-0.2, -0.15) is 5.10 Å². The molecule has 1 unspecified atom stereocenters. The SMILES string of the molecule is CC1(C)Cc2c(-c3cc(NC(=O)CC4CCCC(=O)C4)ncc3Cl)cnn2C1. The van der Waals surface area contributed by atoms with Crippen LogP contribution in [0, 0.1) is 11.3 Å². The van der Waals surface area contributed by atoms with E-state index in [1.54, 1.807) is 6.20 Å². The maximum atomic E-state index is 12.4. The van der Waals surface area contributed by atoms with Crippen molar-refractivity contribution in [1.29, 1.82) is 0 Å². The number of ketones is 1. The Hall–Kier alpha value is -2.21. The zero-order valence-corrected chi connectivity index (χ0v) is 17.1. The molecule has 1 atom stereocenters. The minimum Gasteiger partial charge on any atom is -0.311 e. The van der Waals surface area contributed by atoms with Crippen molar-refractivity contribution >= 4 is 29.1 Å². The topological polar surface area (TPSA) is 76.9 Å². The molecule has 1 aliphatic carbocycles. The molecule has 1 aliphatic heterocycles. The molecule has 0 bridgehead atoms. The number of Topliss-reactive ketones (excluding diaryl/α,β-unsaturated/α-hetero) is 1. The van der Waals surface area contributed by atoms with Crippen molar-refractivity contribution in [2.75, 3.05) is 5.32 Å². The van der Waals surface area contributed by atoms with E-state index in [0.29, 0.717) is 30.1 Å². The summed E-state index contributed by atoms with van der Waals surface area (Å²) in [5.74, 6) is 0.758. The van der Waals surface area contributed by atoms with Crippen LogP contribution in [0.15, 0.2) is 18.5 Å². The largest absolute Gasteiger partial charge is 0.311 e. The number of anilines is 1. The molecular weight excluding hydrogens is 376 g/mol. The van der Waals surface area contributed by atoms with E-state index in [4.69, 9.17) is 11.6 Å². The number of fused-ring (bicyclic) bond motifs is 1. The van der Waals surface area contributed by atoms with E-state index >= 15 is 0 Å². The number of nitrogens with one attached hydrogen (secondary N) is 1. The van der Waals surface area contributed by atoms with Crippen LogP contribution in [0.5, 0.6) is 0 Å². The summed E-state index contributed by atoms with van der Waals surface area (Å²) in [6.45, 7) is 5.33. The number of aromatic nitrogens is 3. The van der Waals surface area contributed by atoms with Crippen LogP contribution in [0.25, 0.3) is 11.1 Å². The molecule has 1 saturated carbocycles. The molecule has 148 valence electrons. The van der Waals surface area contributed by atoms with Gasteiger partial charge < -0.3 is 5.32 Å². The molecule has 0 aromatic carbocycles. The minimum absolute atomic E-state index is 0.109. The van der Waals surface area contributed by atoms with E-state index in [1.807, 2.05) is 16.9 Å². The van der Waals surface area contributed by atoms with Gasteiger partial charge in [-0.15, -0.1) is 0 Å². The van der Waals surface area contributed by atoms with E-state index in [0.717, 1.165) is 42.6 Å². The zero-order valence-electron chi connectivity index (χ0n) is 16.3. The second-order valence-corrected chi connectivity index (χ2v) is 9.21. The molecule has 2 aromatic heterocycles. The number of nitrogens with zero attached hydrogens (tertiary/aromatic N) is 3. The van der Waals surface area contributed by atoms with Gasteiger partial charge in [0.2, 0.25) is 5.91 Å². The first kappa shape index (κ1) is 19.1. The van der Waals surface area contributed by atoms with Crippen LogP contribution >= 0.6 is 11.6 Å². The molecule has 0 spiro atoms. The lowest BCUT2D eigenvalue weighted by Crippen LogP contribution is -2.22. The fourth-order valence-corrected chi connectivity index (χ4v) is 4.54. The summed E-state index contributed by atoms with van der Waals surface area (Å²) in [4.78, 5) is 28.3. The highest BCUT2D eigenvalue weighted by molar-refractivity contribution is 6.33. The molecule has 1 fully saturated rings. The Kier molecular flexibility index (Phi) is 5.00. The number of halogens is 1. The van der Waals surface area contributed by atoms with E-state index in [-0.39, 0.29) is 23.0 Å². The second kappa shape index (κ2) is 7.32. The molecule has 2 aromatic rings. The number of hydrogen-bond acceptors (Lipinski definition) is 4. The second-order valence-electron chi connectivity index (χ2n) is 8.81. The maximum absolute atomic E-state index is 12.4. The molecule has 3 heterocycles. The number of pyridine rings is 1. The fourth-order valence-electron chi connectivity index (χ4n) is 4.33. The van der Waals surface area contributed by atoms with Gasteiger partial charge in [-0.1, -0.05) is 25.4 Å². The van der Waals surface area contributed by atoms with Gasteiger partial charge in [-0.05, 0) is 36.7 Å². The summed E-state index contributed by atoms with van der Waals surface area (Å²) in [6.07, 6.45) is 7.64. The molecule has 0 radical (unpaired) electrons. The number of hydrogen-bond donors (Lipinski definition) is 1. The van der Waals surface area contributed by atoms with Crippen LogP contribution in [0.3, 0.4) is 0 Å².